The maximum atomic E-state index is 11.8. The molecule has 0 N–H and O–H groups in total. The van der Waals surface area contributed by atoms with E-state index in [1.807, 2.05) is 20.8 Å². The summed E-state index contributed by atoms with van der Waals surface area (Å²) in [6, 6.07) is 0. The monoisotopic (exact) mass is 223 g/mol. The van der Waals surface area contributed by atoms with Crippen LogP contribution in [-0.2, 0) is 4.74 Å². The molecule has 0 aromatic carbocycles. The lowest BCUT2D eigenvalue weighted by molar-refractivity contribution is 0.0276. The fraction of sp³-hybridized carbons (Fsp3) is 0.615. The Hall–Kier alpha value is -1.43. The molecule has 0 aliphatic rings. The summed E-state index contributed by atoms with van der Waals surface area (Å²) in [5.74, 6) is 5.72. The summed E-state index contributed by atoms with van der Waals surface area (Å²) >= 11 is 0. The molecule has 0 fully saturated rings. The molecule has 1 amide bonds. The first-order valence-electron chi connectivity index (χ1n) is 5.39. The van der Waals surface area contributed by atoms with Crippen LogP contribution in [0.2, 0.25) is 0 Å². The Morgan fingerprint density at radius 3 is 2.56 bits per heavy atom. The molecular weight excluding hydrogens is 202 g/mol. The smallest absolute Gasteiger partial charge is 0.410 e. The van der Waals surface area contributed by atoms with Crippen molar-refractivity contribution in [1.29, 1.82) is 0 Å². The number of ether oxygens (including phenoxy) is 1. The molecule has 0 radical (unpaired) electrons. The van der Waals surface area contributed by atoms with Crippen LogP contribution in [0.4, 0.5) is 4.79 Å². The summed E-state index contributed by atoms with van der Waals surface area (Å²) in [5.41, 5.74) is -0.465. The van der Waals surface area contributed by atoms with Crippen molar-refractivity contribution in [3.8, 4) is 11.8 Å². The summed E-state index contributed by atoms with van der Waals surface area (Å²) in [5, 5.41) is 0. The zero-order valence-corrected chi connectivity index (χ0v) is 10.7. The van der Waals surface area contributed by atoms with Gasteiger partial charge in [-0.3, -0.25) is 0 Å². The van der Waals surface area contributed by atoms with Crippen LogP contribution in [0.5, 0.6) is 0 Å². The van der Waals surface area contributed by atoms with E-state index in [2.05, 4.69) is 18.4 Å². The first-order chi connectivity index (χ1) is 7.40. The Kier molecular flexibility index (Phi) is 6.32. The average molecular weight is 223 g/mol. The van der Waals surface area contributed by atoms with E-state index in [1.54, 1.807) is 17.9 Å². The summed E-state index contributed by atoms with van der Waals surface area (Å²) in [4.78, 5) is 13.4. The number of carbonyl (C=O) groups is 1. The molecule has 0 unspecified atom stereocenters. The summed E-state index contributed by atoms with van der Waals surface area (Å²) in [6.07, 6.45) is 2.03. The van der Waals surface area contributed by atoms with Crippen molar-refractivity contribution in [3.05, 3.63) is 12.7 Å². The van der Waals surface area contributed by atoms with E-state index in [0.717, 1.165) is 0 Å². The fourth-order valence-electron chi connectivity index (χ4n) is 1.06. The van der Waals surface area contributed by atoms with Crippen LogP contribution < -0.4 is 0 Å². The Morgan fingerprint density at radius 2 is 2.12 bits per heavy atom. The highest BCUT2D eigenvalue weighted by Gasteiger charge is 2.20. The molecule has 3 nitrogen and oxygen atoms in total. The van der Waals surface area contributed by atoms with Crippen LogP contribution in [0, 0.1) is 11.8 Å². The molecular formula is C13H21NO2. The van der Waals surface area contributed by atoms with Crippen LogP contribution in [0.1, 0.15) is 34.1 Å². The lowest BCUT2D eigenvalue weighted by Crippen LogP contribution is -2.37. The van der Waals surface area contributed by atoms with Crippen molar-refractivity contribution in [2.24, 2.45) is 0 Å². The maximum Gasteiger partial charge on any atom is 0.410 e. The number of carbonyl (C=O) groups excluding carboxylic acids is 1. The van der Waals surface area contributed by atoms with Crippen molar-refractivity contribution in [2.75, 3.05) is 13.1 Å². The second-order valence-electron chi connectivity index (χ2n) is 4.39. The third-order valence-electron chi connectivity index (χ3n) is 1.68. The zero-order valence-electron chi connectivity index (χ0n) is 10.7. The van der Waals surface area contributed by atoms with Crippen molar-refractivity contribution in [2.45, 2.75) is 39.7 Å². The predicted octanol–water partition coefficient (Wildman–Crippen LogP) is 2.82. The Balaban J connectivity index is 4.32. The van der Waals surface area contributed by atoms with E-state index in [9.17, 15) is 4.79 Å². The lowest BCUT2D eigenvalue weighted by Gasteiger charge is -2.26. The van der Waals surface area contributed by atoms with Crippen LogP contribution in [0.15, 0.2) is 12.7 Å². The number of amides is 1. The number of rotatable bonds is 4. The van der Waals surface area contributed by atoms with Crippen molar-refractivity contribution in [1.82, 2.24) is 4.90 Å². The highest BCUT2D eigenvalue weighted by atomic mass is 16.6. The molecule has 0 aliphatic carbocycles. The zero-order chi connectivity index (χ0) is 12.6. The summed E-state index contributed by atoms with van der Waals surface area (Å²) < 4.78 is 5.27. The van der Waals surface area contributed by atoms with Gasteiger partial charge in [0.2, 0.25) is 0 Å². The van der Waals surface area contributed by atoms with Crippen LogP contribution >= 0.6 is 0 Å². The molecule has 0 heterocycles. The third-order valence-corrected chi connectivity index (χ3v) is 1.68. The minimum atomic E-state index is -0.465. The Morgan fingerprint density at radius 1 is 1.50 bits per heavy atom. The Labute approximate surface area is 98.5 Å². The first kappa shape index (κ1) is 14.6. The van der Waals surface area contributed by atoms with Gasteiger partial charge in [-0.1, -0.05) is 6.08 Å². The topological polar surface area (TPSA) is 29.5 Å². The molecule has 0 rings (SSSR count). The molecule has 0 atom stereocenters. The minimum Gasteiger partial charge on any atom is -0.444 e. The van der Waals surface area contributed by atoms with Crippen molar-refractivity contribution in [3.63, 3.8) is 0 Å². The number of nitrogens with zero attached hydrogens (tertiary/aromatic N) is 1. The molecule has 0 bridgehead atoms. The third kappa shape index (κ3) is 6.94. The lowest BCUT2D eigenvalue weighted by atomic mass is 10.2. The molecule has 90 valence electrons. The van der Waals surface area contributed by atoms with Crippen LogP contribution in [0.25, 0.3) is 0 Å². The van der Waals surface area contributed by atoms with Gasteiger partial charge in [0, 0.05) is 19.5 Å². The van der Waals surface area contributed by atoms with E-state index >= 15 is 0 Å². The molecule has 0 spiro atoms. The second-order valence-corrected chi connectivity index (χ2v) is 4.39. The van der Waals surface area contributed by atoms with Crippen molar-refractivity contribution >= 4 is 6.09 Å². The number of hydrogen-bond donors (Lipinski definition) is 0. The van der Waals surface area contributed by atoms with E-state index < -0.39 is 5.60 Å². The van der Waals surface area contributed by atoms with E-state index in [0.29, 0.717) is 19.5 Å². The van der Waals surface area contributed by atoms with Gasteiger partial charge < -0.3 is 9.64 Å². The van der Waals surface area contributed by atoms with Gasteiger partial charge in [0.15, 0.2) is 0 Å². The SMILES string of the molecule is C=CCN(CCC#CC)C(=O)OC(C)(C)C. The normalized spacial score (nSPS) is 10.0. The quantitative estimate of drug-likeness (QED) is 0.542. The fourth-order valence-corrected chi connectivity index (χ4v) is 1.06. The van der Waals surface area contributed by atoms with E-state index in [-0.39, 0.29) is 6.09 Å². The van der Waals surface area contributed by atoms with Crippen LogP contribution in [-0.4, -0.2) is 29.7 Å². The van der Waals surface area contributed by atoms with Crippen molar-refractivity contribution < 1.29 is 9.53 Å². The van der Waals surface area contributed by atoms with Gasteiger partial charge >= 0.3 is 6.09 Å². The highest BCUT2D eigenvalue weighted by Crippen LogP contribution is 2.10. The molecule has 3 heteroatoms. The summed E-state index contributed by atoms with van der Waals surface area (Å²) in [7, 11) is 0. The molecule has 0 saturated heterocycles. The first-order valence-corrected chi connectivity index (χ1v) is 5.39. The largest absolute Gasteiger partial charge is 0.444 e. The van der Waals surface area contributed by atoms with E-state index in [1.165, 1.54) is 0 Å². The van der Waals surface area contributed by atoms with Gasteiger partial charge in [-0.15, -0.1) is 18.4 Å². The van der Waals surface area contributed by atoms with Gasteiger partial charge in [0.05, 0.1) is 0 Å². The standard InChI is InChI=1S/C13H21NO2/c1-6-8-9-11-14(10-7-2)12(15)16-13(3,4)5/h7H,2,9-11H2,1,3-5H3. The molecule has 16 heavy (non-hydrogen) atoms. The van der Waals surface area contributed by atoms with Gasteiger partial charge in [-0.25, -0.2) is 4.79 Å². The average Bonchev–Trinajstić information content (AvgIpc) is 2.14. The van der Waals surface area contributed by atoms with Crippen LogP contribution in [0.3, 0.4) is 0 Å². The Bertz CT molecular complexity index is 291. The molecule has 0 aromatic rings. The van der Waals surface area contributed by atoms with Gasteiger partial charge in [0.1, 0.15) is 5.60 Å². The maximum absolute atomic E-state index is 11.8. The predicted molar refractivity (Wildman–Crippen MR) is 66.1 cm³/mol. The molecule has 0 aromatic heterocycles. The second kappa shape index (κ2) is 6.95. The summed E-state index contributed by atoms with van der Waals surface area (Å²) in [6.45, 7) is 12.0. The highest BCUT2D eigenvalue weighted by molar-refractivity contribution is 5.68. The van der Waals surface area contributed by atoms with Gasteiger partial charge in [0.25, 0.3) is 0 Å². The van der Waals surface area contributed by atoms with E-state index in [4.69, 9.17) is 4.74 Å². The molecule has 0 aliphatic heterocycles. The van der Waals surface area contributed by atoms with Gasteiger partial charge in [-0.2, -0.15) is 0 Å². The van der Waals surface area contributed by atoms with Gasteiger partial charge in [-0.05, 0) is 27.7 Å². The molecule has 0 saturated carbocycles. The number of hydrogen-bond acceptors (Lipinski definition) is 2. The minimum absolute atomic E-state index is 0.315.